The van der Waals surface area contributed by atoms with Crippen LogP contribution < -0.4 is 0 Å². The lowest BCUT2D eigenvalue weighted by atomic mass is 9.99. The predicted octanol–water partition coefficient (Wildman–Crippen LogP) is 5.70. The first kappa shape index (κ1) is 25.4. The molecule has 1 aliphatic heterocycles. The van der Waals surface area contributed by atoms with Gasteiger partial charge in [-0.2, -0.15) is 4.98 Å². The van der Waals surface area contributed by atoms with Gasteiger partial charge in [-0.1, -0.05) is 11.6 Å². The minimum atomic E-state index is -3.78. The van der Waals surface area contributed by atoms with Crippen molar-refractivity contribution in [3.05, 3.63) is 29.1 Å². The van der Waals surface area contributed by atoms with Gasteiger partial charge < -0.3 is 18.6 Å². The standard InChI is InChI=1S/C22H29Cl2N4O6P/c1-11(2)33-35(29,34-12(3)4)30-8-7-22-9-13(22)15(16-17(22)32-21(5,6)31-16)28-10-25-14-18(23)26-20(24)27-19(14)28/h7-8,10-13,15-17H,9H2,1-6H3/t13-,15-,16+,17+,22+/m1/s1. The van der Waals surface area contributed by atoms with Crippen LogP contribution in [0.25, 0.3) is 11.2 Å². The number of imidazole rings is 1. The van der Waals surface area contributed by atoms with E-state index >= 15 is 0 Å². The Morgan fingerprint density at radius 1 is 1.17 bits per heavy atom. The summed E-state index contributed by atoms with van der Waals surface area (Å²) in [4.78, 5) is 12.8. The average Bonchev–Trinajstić information content (AvgIpc) is 2.96. The van der Waals surface area contributed by atoms with Crippen LogP contribution in [0.2, 0.25) is 10.4 Å². The third-order valence-corrected chi connectivity index (χ3v) is 8.60. The molecule has 0 amide bonds. The molecule has 2 saturated carbocycles. The third-order valence-electron chi connectivity index (χ3n) is 6.43. The fourth-order valence-electron chi connectivity index (χ4n) is 5.31. The van der Waals surface area contributed by atoms with Crippen LogP contribution >= 0.6 is 31.0 Å². The van der Waals surface area contributed by atoms with Gasteiger partial charge in [0.05, 0.1) is 36.9 Å². The van der Waals surface area contributed by atoms with Crippen LogP contribution in [0.15, 0.2) is 18.7 Å². The molecule has 2 aromatic heterocycles. The number of aromatic nitrogens is 4. The summed E-state index contributed by atoms with van der Waals surface area (Å²) in [5.41, 5.74) is 0.622. The fourth-order valence-corrected chi connectivity index (χ4v) is 7.12. The number of halogens is 2. The molecule has 0 radical (unpaired) electrons. The Hall–Kier alpha value is -1.26. The summed E-state index contributed by atoms with van der Waals surface area (Å²) >= 11 is 12.3. The predicted molar refractivity (Wildman–Crippen MR) is 129 cm³/mol. The van der Waals surface area contributed by atoms with Gasteiger partial charge >= 0.3 is 7.82 Å². The van der Waals surface area contributed by atoms with E-state index in [-0.39, 0.29) is 52.2 Å². The molecule has 5 rings (SSSR count). The summed E-state index contributed by atoms with van der Waals surface area (Å²) in [7, 11) is -3.78. The molecule has 0 bridgehead atoms. The van der Waals surface area contributed by atoms with E-state index in [1.54, 1.807) is 34.0 Å². The highest BCUT2D eigenvalue weighted by Crippen LogP contribution is 2.72. The first-order chi connectivity index (χ1) is 16.3. The summed E-state index contributed by atoms with van der Waals surface area (Å²) in [6.45, 7) is 10.9. The molecule has 0 spiro atoms. The fraction of sp³-hybridized carbons (Fsp3) is 0.682. The van der Waals surface area contributed by atoms with Crippen molar-refractivity contribution in [1.82, 2.24) is 19.5 Å². The molecule has 0 unspecified atom stereocenters. The minimum absolute atomic E-state index is 0.0455. The summed E-state index contributed by atoms with van der Waals surface area (Å²) in [6, 6.07) is -0.135. The topological polar surface area (TPSA) is 107 Å². The van der Waals surface area contributed by atoms with Gasteiger partial charge in [0.1, 0.15) is 11.6 Å². The van der Waals surface area contributed by atoms with Crippen molar-refractivity contribution >= 4 is 42.2 Å². The minimum Gasteiger partial charge on any atom is -0.412 e. The second kappa shape index (κ2) is 8.65. The van der Waals surface area contributed by atoms with E-state index in [2.05, 4.69) is 15.0 Å². The van der Waals surface area contributed by atoms with E-state index in [0.29, 0.717) is 11.2 Å². The smallest absolute Gasteiger partial charge is 0.412 e. The highest BCUT2D eigenvalue weighted by atomic mass is 35.5. The lowest BCUT2D eigenvalue weighted by Gasteiger charge is -2.24. The molecular weight excluding hydrogens is 518 g/mol. The Balaban J connectivity index is 1.46. The zero-order valence-electron chi connectivity index (χ0n) is 20.3. The van der Waals surface area contributed by atoms with Gasteiger partial charge in [-0.15, -0.1) is 0 Å². The second-order valence-corrected chi connectivity index (χ2v) is 12.4. The summed E-state index contributed by atoms with van der Waals surface area (Å²) in [5, 5.41) is 0.239. The molecule has 0 N–H and O–H groups in total. The van der Waals surface area contributed by atoms with Gasteiger partial charge in [0.25, 0.3) is 0 Å². The molecule has 2 aliphatic carbocycles. The van der Waals surface area contributed by atoms with Crippen molar-refractivity contribution in [3.63, 3.8) is 0 Å². The van der Waals surface area contributed by atoms with Gasteiger partial charge in [0, 0.05) is 5.41 Å². The Morgan fingerprint density at radius 3 is 2.51 bits per heavy atom. The number of hydrogen-bond acceptors (Lipinski definition) is 9. The number of hydrogen-bond donors (Lipinski definition) is 0. The molecule has 0 aromatic carbocycles. The van der Waals surface area contributed by atoms with Crippen LogP contribution in [0.4, 0.5) is 0 Å². The van der Waals surface area contributed by atoms with Gasteiger partial charge in [0.15, 0.2) is 16.6 Å². The SMILES string of the molecule is CC(C)OP(=O)(OC=C[C@]12C[C@@H]1[C@@H](n1cnc3c(Cl)nc(Cl)nc31)[C@@H]1OC(C)(C)O[C@@H]12)OC(C)C. The molecule has 35 heavy (non-hydrogen) atoms. The van der Waals surface area contributed by atoms with E-state index in [1.165, 1.54) is 6.26 Å². The Kier molecular flexibility index (Phi) is 6.28. The van der Waals surface area contributed by atoms with E-state index in [1.807, 2.05) is 24.5 Å². The maximum absolute atomic E-state index is 13.1. The van der Waals surface area contributed by atoms with Crippen LogP contribution in [0, 0.1) is 11.3 Å². The number of fused-ring (bicyclic) bond motifs is 4. The summed E-state index contributed by atoms with van der Waals surface area (Å²) < 4.78 is 44.3. The first-order valence-electron chi connectivity index (χ1n) is 11.6. The number of ether oxygens (including phenoxy) is 2. The van der Waals surface area contributed by atoms with E-state index in [0.717, 1.165) is 6.42 Å². The van der Waals surface area contributed by atoms with Crippen LogP contribution in [0.1, 0.15) is 54.0 Å². The number of nitrogens with zero attached hydrogens (tertiary/aromatic N) is 4. The average molecular weight is 547 g/mol. The zero-order valence-corrected chi connectivity index (χ0v) is 22.8. The van der Waals surface area contributed by atoms with E-state index < -0.39 is 13.6 Å². The summed E-state index contributed by atoms with van der Waals surface area (Å²) in [5.74, 6) is -0.643. The molecule has 10 nitrogen and oxygen atoms in total. The second-order valence-electron chi connectivity index (χ2n) is 10.2. The first-order valence-corrected chi connectivity index (χ1v) is 13.8. The monoisotopic (exact) mass is 546 g/mol. The maximum Gasteiger partial charge on any atom is 0.529 e. The molecule has 1 saturated heterocycles. The van der Waals surface area contributed by atoms with Gasteiger partial charge in [-0.3, -0.25) is 9.05 Å². The van der Waals surface area contributed by atoms with Gasteiger partial charge in [-0.05, 0) is 71.6 Å². The number of rotatable bonds is 8. The largest absolute Gasteiger partial charge is 0.529 e. The van der Waals surface area contributed by atoms with Gasteiger partial charge in [0.2, 0.25) is 5.28 Å². The summed E-state index contributed by atoms with van der Waals surface area (Å²) in [6.07, 6.45) is 4.62. The molecule has 192 valence electrons. The highest BCUT2D eigenvalue weighted by molar-refractivity contribution is 7.48. The van der Waals surface area contributed by atoms with Crippen molar-refractivity contribution < 1.29 is 27.6 Å². The van der Waals surface area contributed by atoms with Crippen LogP contribution in [-0.2, 0) is 27.6 Å². The van der Waals surface area contributed by atoms with E-state index in [9.17, 15) is 4.57 Å². The lowest BCUT2D eigenvalue weighted by molar-refractivity contribution is -0.159. The van der Waals surface area contributed by atoms with Crippen molar-refractivity contribution in [1.29, 1.82) is 0 Å². The van der Waals surface area contributed by atoms with Crippen molar-refractivity contribution in [3.8, 4) is 0 Å². The van der Waals surface area contributed by atoms with Crippen LogP contribution in [0.3, 0.4) is 0 Å². The van der Waals surface area contributed by atoms with E-state index in [4.69, 9.17) is 46.2 Å². The maximum atomic E-state index is 13.1. The molecule has 2 aromatic rings. The van der Waals surface area contributed by atoms with Gasteiger partial charge in [-0.25, -0.2) is 14.5 Å². The Morgan fingerprint density at radius 2 is 1.86 bits per heavy atom. The lowest BCUT2D eigenvalue weighted by Crippen LogP contribution is -2.31. The molecule has 3 fully saturated rings. The van der Waals surface area contributed by atoms with Crippen molar-refractivity contribution in [2.75, 3.05) is 0 Å². The number of phosphoric acid groups is 1. The molecule has 13 heteroatoms. The molecule has 3 aliphatic rings. The molecular formula is C22H29Cl2N4O6P. The van der Waals surface area contributed by atoms with Crippen molar-refractivity contribution in [2.45, 2.75) is 84.2 Å². The highest BCUT2D eigenvalue weighted by Gasteiger charge is 2.75. The molecule has 3 heterocycles. The quantitative estimate of drug-likeness (QED) is 0.178. The van der Waals surface area contributed by atoms with Crippen LogP contribution in [-0.4, -0.2) is 49.7 Å². The Bertz CT molecular complexity index is 1210. The van der Waals surface area contributed by atoms with Crippen molar-refractivity contribution in [2.24, 2.45) is 11.3 Å². The zero-order chi connectivity index (χ0) is 25.3. The van der Waals surface area contributed by atoms with Crippen LogP contribution in [0.5, 0.6) is 0 Å². The molecule has 5 atom stereocenters. The normalized spacial score (nSPS) is 31.6. The number of phosphoric ester groups is 1. The Labute approximate surface area is 213 Å². The third kappa shape index (κ3) is 4.52.